The van der Waals surface area contributed by atoms with E-state index in [0.717, 1.165) is 59.6 Å². The lowest BCUT2D eigenvalue weighted by molar-refractivity contribution is 0.0670. The molecular weight excluding hydrogens is 196 g/mol. The molecule has 6 aliphatic carbocycles. The minimum absolute atomic E-state index is 0.726. The molecule has 0 radical (unpaired) electrons. The average Bonchev–Trinajstić information content (AvgIpc) is 2.68. The highest BCUT2D eigenvalue weighted by molar-refractivity contribution is 5.26. The number of fused-ring (bicyclic) bond motifs is 1. The second-order valence-corrected chi connectivity index (χ2v) is 7.31. The van der Waals surface area contributed by atoms with Gasteiger partial charge in [-0.25, -0.2) is 0 Å². The Labute approximate surface area is 96.2 Å². The number of rotatable bonds is 0. The Balaban J connectivity index is 1.57. The van der Waals surface area contributed by atoms with Gasteiger partial charge in [-0.2, -0.15) is 0 Å². The molecule has 16 heavy (non-hydrogen) atoms. The Morgan fingerprint density at radius 3 is 2.75 bits per heavy atom. The summed E-state index contributed by atoms with van der Waals surface area (Å²) in [4.78, 5) is 0. The molecule has 7 rings (SSSR count). The van der Waals surface area contributed by atoms with Crippen LogP contribution in [0.1, 0.15) is 19.3 Å². The Morgan fingerprint density at radius 2 is 1.75 bits per heavy atom. The Bertz CT molecular complexity index is 414. The third-order valence-corrected chi connectivity index (χ3v) is 7.07. The SMILES string of the molecule is C1=CC2CC1CC1CC3C2C2C4OC4C3C12. The van der Waals surface area contributed by atoms with Gasteiger partial charge >= 0.3 is 0 Å². The van der Waals surface area contributed by atoms with Gasteiger partial charge in [-0.3, -0.25) is 0 Å². The summed E-state index contributed by atoms with van der Waals surface area (Å²) in [5.74, 6) is 8.19. The van der Waals surface area contributed by atoms with Crippen LogP contribution in [0, 0.1) is 47.3 Å². The molecule has 0 aromatic rings. The molecule has 5 saturated carbocycles. The van der Waals surface area contributed by atoms with E-state index in [9.17, 15) is 0 Å². The fourth-order valence-corrected chi connectivity index (χ4v) is 6.96. The smallest absolute Gasteiger partial charge is 0.0878 e. The van der Waals surface area contributed by atoms with E-state index in [0.29, 0.717) is 0 Å². The van der Waals surface area contributed by atoms with Crippen molar-refractivity contribution in [2.24, 2.45) is 47.3 Å². The van der Waals surface area contributed by atoms with E-state index in [1.165, 1.54) is 12.8 Å². The van der Waals surface area contributed by atoms with Gasteiger partial charge in [0.1, 0.15) is 0 Å². The van der Waals surface area contributed by atoms with Crippen LogP contribution in [0.4, 0.5) is 0 Å². The van der Waals surface area contributed by atoms with Crippen LogP contribution in [0.3, 0.4) is 0 Å². The first-order valence-electron chi connectivity index (χ1n) is 7.25. The lowest BCUT2D eigenvalue weighted by Crippen LogP contribution is -2.38. The van der Waals surface area contributed by atoms with Crippen molar-refractivity contribution in [2.45, 2.75) is 31.5 Å². The molecular formula is C15H18O. The van der Waals surface area contributed by atoms with Gasteiger partial charge < -0.3 is 4.74 Å². The van der Waals surface area contributed by atoms with E-state index < -0.39 is 0 Å². The van der Waals surface area contributed by atoms with Gasteiger partial charge in [0.2, 0.25) is 0 Å². The Kier molecular flexibility index (Phi) is 1.07. The monoisotopic (exact) mass is 214 g/mol. The van der Waals surface area contributed by atoms with Gasteiger partial charge in [0, 0.05) is 0 Å². The van der Waals surface area contributed by atoms with E-state index in [1.807, 2.05) is 0 Å². The quantitative estimate of drug-likeness (QED) is 0.446. The summed E-state index contributed by atoms with van der Waals surface area (Å²) < 4.78 is 5.95. The van der Waals surface area contributed by atoms with Crippen LogP contribution in [0.15, 0.2) is 12.2 Å². The summed E-state index contributed by atoms with van der Waals surface area (Å²) in [5.41, 5.74) is 0. The lowest BCUT2D eigenvalue weighted by Gasteiger charge is -2.41. The Hall–Kier alpha value is -0.300. The first-order valence-corrected chi connectivity index (χ1v) is 7.25. The van der Waals surface area contributed by atoms with Gasteiger partial charge in [-0.1, -0.05) is 12.2 Å². The highest BCUT2D eigenvalue weighted by atomic mass is 16.6. The van der Waals surface area contributed by atoms with Gasteiger partial charge in [-0.05, 0) is 66.6 Å². The van der Waals surface area contributed by atoms with E-state index >= 15 is 0 Å². The normalized spacial score (nSPS) is 75.5. The first kappa shape index (κ1) is 7.92. The minimum atomic E-state index is 0.726. The zero-order chi connectivity index (χ0) is 10.0. The molecule has 10 unspecified atom stereocenters. The van der Waals surface area contributed by atoms with Gasteiger partial charge in [0.15, 0.2) is 0 Å². The Morgan fingerprint density at radius 1 is 0.812 bits per heavy atom. The maximum atomic E-state index is 5.95. The van der Waals surface area contributed by atoms with Crippen LogP contribution in [0.25, 0.3) is 0 Å². The highest BCUT2D eigenvalue weighted by Gasteiger charge is 2.77. The van der Waals surface area contributed by atoms with Crippen LogP contribution < -0.4 is 0 Å². The molecule has 10 atom stereocenters. The van der Waals surface area contributed by atoms with Crippen molar-refractivity contribution in [1.29, 1.82) is 0 Å². The second-order valence-electron chi connectivity index (χ2n) is 7.31. The molecule has 0 spiro atoms. The van der Waals surface area contributed by atoms with Crippen LogP contribution >= 0.6 is 0 Å². The molecule has 6 fully saturated rings. The first-order chi connectivity index (χ1) is 7.92. The molecule has 1 heteroatoms. The van der Waals surface area contributed by atoms with Crippen molar-refractivity contribution in [2.75, 3.05) is 0 Å². The summed E-state index contributed by atoms with van der Waals surface area (Å²) in [5, 5.41) is 0. The van der Waals surface area contributed by atoms with Crippen molar-refractivity contribution in [3.05, 3.63) is 12.2 Å². The van der Waals surface area contributed by atoms with Crippen molar-refractivity contribution >= 4 is 0 Å². The lowest BCUT2D eigenvalue weighted by atomic mass is 9.63. The van der Waals surface area contributed by atoms with E-state index in [2.05, 4.69) is 12.2 Å². The third kappa shape index (κ3) is 0.641. The standard InChI is InChI=1S/C15H18O/c1-2-7-3-6(1)4-8-5-9-10(7)13-11(8)12(9)14-15(13)16-14/h1-2,6-15H,3-5H2. The third-order valence-electron chi connectivity index (χ3n) is 7.07. The molecule has 0 aromatic heterocycles. The van der Waals surface area contributed by atoms with E-state index in [-0.39, 0.29) is 0 Å². The molecule has 1 heterocycles. The van der Waals surface area contributed by atoms with Crippen LogP contribution in [0.5, 0.6) is 0 Å². The van der Waals surface area contributed by atoms with Crippen molar-refractivity contribution < 1.29 is 4.74 Å². The van der Waals surface area contributed by atoms with Crippen LogP contribution in [0.2, 0.25) is 0 Å². The molecule has 0 N–H and O–H groups in total. The van der Waals surface area contributed by atoms with Crippen molar-refractivity contribution in [1.82, 2.24) is 0 Å². The van der Waals surface area contributed by atoms with Crippen molar-refractivity contribution in [3.8, 4) is 0 Å². The highest BCUT2D eigenvalue weighted by Crippen LogP contribution is 2.75. The van der Waals surface area contributed by atoms with Gasteiger partial charge in [-0.15, -0.1) is 0 Å². The van der Waals surface area contributed by atoms with Gasteiger partial charge in [0.05, 0.1) is 12.2 Å². The summed E-state index contributed by atoms with van der Waals surface area (Å²) in [6.45, 7) is 0. The molecule has 0 amide bonds. The zero-order valence-corrected chi connectivity index (χ0v) is 9.46. The second kappa shape index (κ2) is 2.16. The largest absolute Gasteiger partial charge is 0.369 e. The topological polar surface area (TPSA) is 12.5 Å². The predicted octanol–water partition coefficient (Wildman–Crippen LogP) is 2.48. The average molecular weight is 214 g/mol. The number of hydrogen-bond donors (Lipinski definition) is 0. The summed E-state index contributed by atoms with van der Waals surface area (Å²) in [7, 11) is 0. The van der Waals surface area contributed by atoms with Crippen LogP contribution in [-0.4, -0.2) is 12.2 Å². The number of ether oxygens (including phenoxy) is 1. The van der Waals surface area contributed by atoms with E-state index in [1.54, 1.807) is 6.42 Å². The molecule has 1 saturated heterocycles. The molecule has 8 bridgehead atoms. The maximum absolute atomic E-state index is 5.95. The summed E-state index contributed by atoms with van der Waals surface area (Å²) in [6, 6.07) is 0. The fraction of sp³-hybridized carbons (Fsp3) is 0.867. The number of allylic oxidation sites excluding steroid dienone is 2. The fourth-order valence-electron chi connectivity index (χ4n) is 6.96. The zero-order valence-electron chi connectivity index (χ0n) is 9.46. The van der Waals surface area contributed by atoms with Crippen molar-refractivity contribution in [3.63, 3.8) is 0 Å². The summed E-state index contributed by atoms with van der Waals surface area (Å²) in [6.07, 6.45) is 11.2. The molecule has 84 valence electrons. The molecule has 7 aliphatic rings. The molecule has 1 aliphatic heterocycles. The summed E-state index contributed by atoms with van der Waals surface area (Å²) >= 11 is 0. The van der Waals surface area contributed by atoms with E-state index in [4.69, 9.17) is 4.74 Å². The number of hydrogen-bond acceptors (Lipinski definition) is 1. The number of epoxide rings is 1. The van der Waals surface area contributed by atoms with Gasteiger partial charge in [0.25, 0.3) is 0 Å². The molecule has 0 aromatic carbocycles. The van der Waals surface area contributed by atoms with Crippen LogP contribution in [-0.2, 0) is 4.74 Å². The maximum Gasteiger partial charge on any atom is 0.0878 e. The predicted molar refractivity (Wildman–Crippen MR) is 59.6 cm³/mol. The molecule has 1 nitrogen and oxygen atoms in total. The minimum Gasteiger partial charge on any atom is -0.369 e.